The molecule has 1 aliphatic rings. The minimum absolute atomic E-state index is 0.456. The first-order valence-corrected chi connectivity index (χ1v) is 12.5. The highest BCUT2D eigenvalue weighted by molar-refractivity contribution is 5.85. The van der Waals surface area contributed by atoms with E-state index in [2.05, 4.69) is 15.4 Å². The molecule has 3 aromatic carbocycles. The fraction of sp³-hybridized carbons (Fsp3) is 0.200. The average Bonchev–Trinajstić information content (AvgIpc) is 3.49. The third-order valence-corrected chi connectivity index (χ3v) is 7.39. The SMILES string of the molecule is Cn1ncc(-c2ccc(-c3ccc(C4(C(=O)O)CC4)cc3)cc2)c1C(O)c1cn(Cc2ccccc2)nn1. The van der Waals surface area contributed by atoms with Gasteiger partial charge in [0.05, 0.1) is 30.0 Å². The number of aromatic nitrogens is 5. The lowest BCUT2D eigenvalue weighted by molar-refractivity contribution is -0.140. The minimum atomic E-state index is -0.988. The van der Waals surface area contributed by atoms with Gasteiger partial charge in [-0.05, 0) is 40.7 Å². The number of aryl methyl sites for hydroxylation is 1. The molecule has 38 heavy (non-hydrogen) atoms. The van der Waals surface area contributed by atoms with Crippen LogP contribution in [0.15, 0.2) is 91.3 Å². The minimum Gasteiger partial charge on any atom is -0.481 e. The monoisotopic (exact) mass is 505 g/mol. The highest BCUT2D eigenvalue weighted by Crippen LogP contribution is 2.48. The fourth-order valence-electron chi connectivity index (χ4n) is 5.00. The predicted molar refractivity (Wildman–Crippen MR) is 142 cm³/mol. The molecule has 0 radical (unpaired) electrons. The summed E-state index contributed by atoms with van der Waals surface area (Å²) >= 11 is 0. The lowest BCUT2D eigenvalue weighted by Crippen LogP contribution is -2.19. The molecule has 0 aliphatic heterocycles. The van der Waals surface area contributed by atoms with Crippen molar-refractivity contribution in [3.8, 4) is 22.3 Å². The van der Waals surface area contributed by atoms with Gasteiger partial charge in [-0.1, -0.05) is 84.1 Å². The molecule has 0 spiro atoms. The highest BCUT2D eigenvalue weighted by atomic mass is 16.4. The van der Waals surface area contributed by atoms with Gasteiger partial charge in [0.25, 0.3) is 0 Å². The second-order valence-electron chi connectivity index (χ2n) is 9.84. The Labute approximate surface area is 219 Å². The summed E-state index contributed by atoms with van der Waals surface area (Å²) in [6, 6.07) is 25.8. The Morgan fingerprint density at radius 2 is 1.58 bits per heavy atom. The van der Waals surface area contributed by atoms with E-state index in [1.165, 1.54) is 0 Å². The Balaban J connectivity index is 1.22. The van der Waals surface area contributed by atoms with Crippen LogP contribution in [0, 0.1) is 0 Å². The van der Waals surface area contributed by atoms with Crippen molar-refractivity contribution >= 4 is 5.97 Å². The van der Waals surface area contributed by atoms with E-state index in [1.54, 1.807) is 28.8 Å². The van der Waals surface area contributed by atoms with Crippen molar-refractivity contribution in [2.75, 3.05) is 0 Å². The van der Waals surface area contributed by atoms with Crippen LogP contribution in [0.4, 0.5) is 0 Å². The molecule has 5 aromatic rings. The highest BCUT2D eigenvalue weighted by Gasteiger charge is 2.51. The zero-order valence-electron chi connectivity index (χ0n) is 20.9. The Kier molecular flexibility index (Phi) is 5.88. The van der Waals surface area contributed by atoms with E-state index < -0.39 is 17.5 Å². The Bertz CT molecular complexity index is 1580. The van der Waals surface area contributed by atoms with Gasteiger partial charge in [0.2, 0.25) is 0 Å². The second kappa shape index (κ2) is 9.39. The van der Waals surface area contributed by atoms with Crippen molar-refractivity contribution in [1.29, 1.82) is 0 Å². The summed E-state index contributed by atoms with van der Waals surface area (Å²) < 4.78 is 3.38. The van der Waals surface area contributed by atoms with Crippen LogP contribution in [0.1, 0.15) is 41.5 Å². The molecular formula is C30H27N5O3. The number of carboxylic acid groups (broad SMARTS) is 1. The van der Waals surface area contributed by atoms with Gasteiger partial charge in [0.1, 0.15) is 11.8 Å². The maximum absolute atomic E-state index is 11.6. The normalized spacial score (nSPS) is 14.8. The summed E-state index contributed by atoms with van der Waals surface area (Å²) in [5, 5.41) is 33.6. The number of aliphatic hydroxyl groups excluding tert-OH is 1. The molecule has 2 heterocycles. The third kappa shape index (κ3) is 4.29. The molecule has 0 amide bonds. The molecule has 190 valence electrons. The summed E-state index contributed by atoms with van der Waals surface area (Å²) in [6.07, 6.45) is 3.91. The number of carboxylic acids is 1. The standard InChI is InChI=1S/C30H27N5O3/c1-34-27(28(36)26-19-35(33-32-26)18-20-5-3-2-4-6-20)25(17-31-34)23-9-7-21(8-10-23)22-11-13-24(14-12-22)30(15-16-30)29(37)38/h2-14,17,19,28,36H,15-16,18H2,1H3,(H,37,38). The molecular weight excluding hydrogens is 478 g/mol. The maximum atomic E-state index is 11.6. The van der Waals surface area contributed by atoms with Crippen LogP contribution in [-0.2, 0) is 23.8 Å². The van der Waals surface area contributed by atoms with Gasteiger partial charge >= 0.3 is 5.97 Å². The molecule has 6 rings (SSSR count). The Morgan fingerprint density at radius 3 is 2.21 bits per heavy atom. The number of nitrogens with zero attached hydrogens (tertiary/aromatic N) is 5. The topological polar surface area (TPSA) is 106 Å². The third-order valence-electron chi connectivity index (χ3n) is 7.39. The van der Waals surface area contributed by atoms with Crippen LogP contribution in [0.3, 0.4) is 0 Å². The number of rotatable bonds is 8. The van der Waals surface area contributed by atoms with Crippen LogP contribution in [0.2, 0.25) is 0 Å². The quantitative estimate of drug-likeness (QED) is 0.320. The average molecular weight is 506 g/mol. The van der Waals surface area contributed by atoms with E-state index in [9.17, 15) is 15.0 Å². The van der Waals surface area contributed by atoms with E-state index in [4.69, 9.17) is 0 Å². The van der Waals surface area contributed by atoms with Crippen LogP contribution in [0.25, 0.3) is 22.3 Å². The van der Waals surface area contributed by atoms with Crippen LogP contribution in [0.5, 0.6) is 0 Å². The first-order valence-electron chi connectivity index (χ1n) is 12.5. The van der Waals surface area contributed by atoms with Gasteiger partial charge in [-0.15, -0.1) is 5.10 Å². The van der Waals surface area contributed by atoms with E-state index in [1.807, 2.05) is 78.9 Å². The Hall–Kier alpha value is -4.56. The van der Waals surface area contributed by atoms with Crippen LogP contribution < -0.4 is 0 Å². The lowest BCUT2D eigenvalue weighted by atomic mass is 9.93. The summed E-state index contributed by atoms with van der Waals surface area (Å²) in [4.78, 5) is 11.6. The van der Waals surface area contributed by atoms with E-state index in [0.717, 1.165) is 33.4 Å². The molecule has 1 unspecified atom stereocenters. The van der Waals surface area contributed by atoms with Gasteiger partial charge < -0.3 is 10.2 Å². The van der Waals surface area contributed by atoms with Gasteiger partial charge in [0.15, 0.2) is 0 Å². The number of aliphatic hydroxyl groups is 1. The first-order chi connectivity index (χ1) is 18.4. The number of hydrogen-bond acceptors (Lipinski definition) is 5. The molecule has 8 heteroatoms. The van der Waals surface area contributed by atoms with E-state index in [-0.39, 0.29) is 0 Å². The zero-order chi connectivity index (χ0) is 26.3. The molecule has 2 N–H and O–H groups in total. The molecule has 1 fully saturated rings. The van der Waals surface area contributed by atoms with Gasteiger partial charge in [-0.2, -0.15) is 5.10 Å². The van der Waals surface area contributed by atoms with Crippen molar-refractivity contribution in [3.63, 3.8) is 0 Å². The maximum Gasteiger partial charge on any atom is 0.314 e. The zero-order valence-corrected chi connectivity index (χ0v) is 20.9. The van der Waals surface area contributed by atoms with Crippen molar-refractivity contribution in [1.82, 2.24) is 24.8 Å². The largest absolute Gasteiger partial charge is 0.481 e. The lowest BCUT2D eigenvalue weighted by Gasteiger charge is -2.13. The van der Waals surface area contributed by atoms with E-state index >= 15 is 0 Å². The van der Waals surface area contributed by atoms with Crippen molar-refractivity contribution in [2.24, 2.45) is 7.05 Å². The fourth-order valence-corrected chi connectivity index (χ4v) is 5.00. The second-order valence-corrected chi connectivity index (χ2v) is 9.84. The predicted octanol–water partition coefficient (Wildman–Crippen LogP) is 4.59. The van der Waals surface area contributed by atoms with Gasteiger partial charge in [-0.3, -0.25) is 9.48 Å². The van der Waals surface area contributed by atoms with Gasteiger partial charge in [-0.25, -0.2) is 4.68 Å². The number of hydrogen-bond donors (Lipinski definition) is 2. The summed E-state index contributed by atoms with van der Waals surface area (Å²) in [5.41, 5.74) is 6.13. The van der Waals surface area contributed by atoms with Crippen molar-refractivity contribution in [3.05, 3.63) is 114 Å². The van der Waals surface area contributed by atoms with E-state index in [0.29, 0.717) is 30.8 Å². The number of carbonyl (C=O) groups is 1. The van der Waals surface area contributed by atoms with Crippen LogP contribution in [-0.4, -0.2) is 41.0 Å². The number of benzene rings is 3. The molecule has 1 saturated carbocycles. The van der Waals surface area contributed by atoms with Crippen molar-refractivity contribution < 1.29 is 15.0 Å². The van der Waals surface area contributed by atoms with Gasteiger partial charge in [0, 0.05) is 12.6 Å². The molecule has 2 aromatic heterocycles. The summed E-state index contributed by atoms with van der Waals surface area (Å²) in [5.74, 6) is -0.747. The molecule has 0 saturated heterocycles. The molecule has 1 aliphatic carbocycles. The van der Waals surface area contributed by atoms with Crippen molar-refractivity contribution in [2.45, 2.75) is 30.9 Å². The molecule has 1 atom stereocenters. The smallest absolute Gasteiger partial charge is 0.314 e. The summed E-state index contributed by atoms with van der Waals surface area (Å²) in [7, 11) is 1.80. The Morgan fingerprint density at radius 1 is 0.947 bits per heavy atom. The first kappa shape index (κ1) is 23.8. The molecule has 0 bridgehead atoms. The molecule has 8 nitrogen and oxygen atoms in total. The summed E-state index contributed by atoms with van der Waals surface area (Å²) in [6.45, 7) is 0.568. The van der Waals surface area contributed by atoms with Crippen LogP contribution >= 0.6 is 0 Å². The number of aliphatic carboxylic acids is 1.